The Hall–Kier alpha value is -1.80. The molecule has 1 aromatic rings. The molecule has 112 valence electrons. The predicted molar refractivity (Wildman–Crippen MR) is 52.8 cm³/mol. The molecule has 0 atom stereocenters. The number of hydrogen-bond acceptors (Lipinski definition) is 2. The number of benzene rings is 1. The summed E-state index contributed by atoms with van der Waals surface area (Å²) >= 11 is 0. The van der Waals surface area contributed by atoms with Gasteiger partial charge in [0.05, 0.1) is 0 Å². The average Bonchev–Trinajstić information content (AvgIpc) is 2.29. The molecular formula is C11H7F7O2. The molecule has 0 radical (unpaired) electrons. The summed E-state index contributed by atoms with van der Waals surface area (Å²) in [5, 5.41) is 0. The summed E-state index contributed by atoms with van der Waals surface area (Å²) in [5.74, 6) is -7.42. The van der Waals surface area contributed by atoms with Gasteiger partial charge in [-0.15, -0.1) is 13.2 Å². The van der Waals surface area contributed by atoms with Gasteiger partial charge >= 0.3 is 18.7 Å². The van der Waals surface area contributed by atoms with Crippen molar-refractivity contribution in [2.24, 2.45) is 0 Å². The largest absolute Gasteiger partial charge is 0.573 e. The molecule has 0 N–H and O–H groups in total. The zero-order valence-corrected chi connectivity index (χ0v) is 9.56. The number of halogens is 7. The third-order valence-electron chi connectivity index (χ3n) is 2.17. The molecule has 0 saturated heterocycles. The summed E-state index contributed by atoms with van der Waals surface area (Å²) in [6, 6.07) is 3.38. The first kappa shape index (κ1) is 16.3. The molecule has 0 aliphatic carbocycles. The highest BCUT2D eigenvalue weighted by Gasteiger charge is 2.47. The molecule has 1 aromatic carbocycles. The maximum absolute atomic E-state index is 12.7. The molecule has 2 nitrogen and oxygen atoms in total. The van der Waals surface area contributed by atoms with Crippen molar-refractivity contribution < 1.29 is 40.3 Å². The molecule has 20 heavy (non-hydrogen) atoms. The quantitative estimate of drug-likeness (QED) is 0.777. The molecule has 0 spiro atoms. The molecule has 0 bridgehead atoms. The van der Waals surface area contributed by atoms with Gasteiger partial charge in [0.15, 0.2) is 0 Å². The van der Waals surface area contributed by atoms with Crippen LogP contribution in [0.2, 0.25) is 0 Å². The number of Topliss-reactive ketones (excluding diaryl/α,β-unsaturated/α-hetero) is 1. The Morgan fingerprint density at radius 2 is 1.55 bits per heavy atom. The summed E-state index contributed by atoms with van der Waals surface area (Å²) < 4.78 is 88.1. The average molecular weight is 304 g/mol. The van der Waals surface area contributed by atoms with E-state index in [-0.39, 0.29) is 5.56 Å². The lowest BCUT2D eigenvalue weighted by Crippen LogP contribution is -2.37. The first-order chi connectivity index (χ1) is 9.02. The first-order valence-corrected chi connectivity index (χ1v) is 5.06. The third kappa shape index (κ3) is 4.39. The monoisotopic (exact) mass is 304 g/mol. The Morgan fingerprint density at radius 1 is 1.05 bits per heavy atom. The van der Waals surface area contributed by atoms with E-state index in [1.54, 1.807) is 0 Å². The van der Waals surface area contributed by atoms with Crippen LogP contribution in [0.4, 0.5) is 30.7 Å². The predicted octanol–water partition coefficient (Wildman–Crippen LogP) is 3.60. The van der Waals surface area contributed by atoms with Gasteiger partial charge in [0.25, 0.3) is 0 Å². The molecule has 1 rings (SSSR count). The van der Waals surface area contributed by atoms with E-state index in [2.05, 4.69) is 4.74 Å². The Morgan fingerprint density at radius 3 is 1.95 bits per heavy atom. The lowest BCUT2D eigenvalue weighted by Gasteiger charge is -2.14. The molecular weight excluding hydrogens is 297 g/mol. The second kappa shape index (κ2) is 5.68. The Bertz CT molecular complexity index is 465. The van der Waals surface area contributed by atoms with Crippen LogP contribution in [0.15, 0.2) is 24.3 Å². The van der Waals surface area contributed by atoms with Crippen LogP contribution < -0.4 is 4.74 Å². The molecule has 0 aliphatic heterocycles. The fourth-order valence-corrected chi connectivity index (χ4v) is 1.23. The molecule has 0 amide bonds. The Labute approximate surface area is 108 Å². The van der Waals surface area contributed by atoms with Crippen molar-refractivity contribution in [1.29, 1.82) is 0 Å². The van der Waals surface area contributed by atoms with Gasteiger partial charge in [-0.2, -0.15) is 8.78 Å². The minimum absolute atomic E-state index is 0.134. The molecule has 0 fully saturated rings. The first-order valence-electron chi connectivity index (χ1n) is 5.06. The number of ether oxygens (including phenoxy) is 1. The molecule has 0 heterocycles. The van der Waals surface area contributed by atoms with E-state index < -0.39 is 36.7 Å². The number of rotatable bonds is 5. The van der Waals surface area contributed by atoms with Gasteiger partial charge < -0.3 is 4.74 Å². The summed E-state index contributed by atoms with van der Waals surface area (Å²) in [7, 11) is 0. The van der Waals surface area contributed by atoms with Crippen molar-refractivity contribution in [1.82, 2.24) is 0 Å². The van der Waals surface area contributed by atoms with E-state index in [1.165, 1.54) is 0 Å². The van der Waals surface area contributed by atoms with Gasteiger partial charge in [-0.3, -0.25) is 4.79 Å². The number of carbonyl (C=O) groups is 1. The number of alkyl halides is 7. The van der Waals surface area contributed by atoms with Gasteiger partial charge in [0.1, 0.15) is 5.75 Å². The van der Waals surface area contributed by atoms with Crippen LogP contribution in [0.25, 0.3) is 0 Å². The van der Waals surface area contributed by atoms with Gasteiger partial charge in [-0.25, -0.2) is 8.78 Å². The van der Waals surface area contributed by atoms with E-state index >= 15 is 0 Å². The van der Waals surface area contributed by atoms with Gasteiger partial charge in [0, 0.05) is 6.42 Å². The lowest BCUT2D eigenvalue weighted by molar-refractivity contribution is -0.274. The zero-order valence-electron chi connectivity index (χ0n) is 9.56. The molecule has 0 unspecified atom stereocenters. The summed E-state index contributed by atoms with van der Waals surface area (Å²) in [4.78, 5) is 10.9. The van der Waals surface area contributed by atoms with Gasteiger partial charge in [0.2, 0.25) is 5.78 Å². The highest BCUT2D eigenvalue weighted by atomic mass is 19.4. The van der Waals surface area contributed by atoms with Gasteiger partial charge in [-0.05, 0) is 17.7 Å². The second-order valence-electron chi connectivity index (χ2n) is 3.72. The van der Waals surface area contributed by atoms with Crippen LogP contribution in [0.1, 0.15) is 5.56 Å². The van der Waals surface area contributed by atoms with E-state index in [0.29, 0.717) is 0 Å². The van der Waals surface area contributed by atoms with Crippen molar-refractivity contribution in [2.75, 3.05) is 0 Å². The molecule has 9 heteroatoms. The lowest BCUT2D eigenvalue weighted by atomic mass is 10.0. The minimum atomic E-state index is -4.92. The number of carbonyl (C=O) groups excluding carboxylic acids is 1. The fourth-order valence-electron chi connectivity index (χ4n) is 1.23. The second-order valence-corrected chi connectivity index (χ2v) is 3.72. The SMILES string of the molecule is O=C(Cc1ccc(OC(F)(F)F)cc1)C(F)(F)C(F)F. The molecule has 0 aromatic heterocycles. The number of ketones is 1. The maximum Gasteiger partial charge on any atom is 0.573 e. The van der Waals surface area contributed by atoms with Crippen LogP contribution >= 0.6 is 0 Å². The summed E-state index contributed by atoms with van der Waals surface area (Å²) in [6.07, 6.45) is -10.1. The van der Waals surface area contributed by atoms with Gasteiger partial charge in [-0.1, -0.05) is 12.1 Å². The smallest absolute Gasteiger partial charge is 0.406 e. The topological polar surface area (TPSA) is 26.3 Å². The van der Waals surface area contributed by atoms with E-state index in [9.17, 15) is 35.5 Å². The zero-order chi connectivity index (χ0) is 15.6. The minimum Gasteiger partial charge on any atom is -0.406 e. The fraction of sp³-hybridized carbons (Fsp3) is 0.364. The van der Waals surface area contributed by atoms with Crippen molar-refractivity contribution in [3.8, 4) is 5.75 Å². The van der Waals surface area contributed by atoms with Crippen molar-refractivity contribution in [2.45, 2.75) is 25.1 Å². The van der Waals surface area contributed by atoms with Crippen LogP contribution in [0, 0.1) is 0 Å². The van der Waals surface area contributed by atoms with Crippen molar-refractivity contribution in [3.63, 3.8) is 0 Å². The van der Waals surface area contributed by atoms with E-state index in [1.807, 2.05) is 0 Å². The van der Waals surface area contributed by atoms with Crippen LogP contribution in [0.5, 0.6) is 5.75 Å². The van der Waals surface area contributed by atoms with Crippen LogP contribution in [0.3, 0.4) is 0 Å². The highest BCUT2D eigenvalue weighted by Crippen LogP contribution is 2.27. The standard InChI is InChI=1S/C11H7F7O2/c12-9(13)10(14,15)8(19)5-6-1-3-7(4-2-6)20-11(16,17)18/h1-4,9H,5H2. The van der Waals surface area contributed by atoms with E-state index in [0.717, 1.165) is 24.3 Å². The molecule has 0 aliphatic rings. The van der Waals surface area contributed by atoms with Crippen molar-refractivity contribution in [3.05, 3.63) is 29.8 Å². The number of hydrogen-bond donors (Lipinski definition) is 0. The van der Waals surface area contributed by atoms with Crippen LogP contribution in [-0.4, -0.2) is 24.5 Å². The van der Waals surface area contributed by atoms with Crippen LogP contribution in [-0.2, 0) is 11.2 Å². The van der Waals surface area contributed by atoms with Crippen molar-refractivity contribution >= 4 is 5.78 Å². The Kier molecular flexibility index (Phi) is 4.61. The van der Waals surface area contributed by atoms with E-state index in [4.69, 9.17) is 0 Å². The third-order valence-corrected chi connectivity index (χ3v) is 2.17. The molecule has 0 saturated carbocycles. The normalized spacial score (nSPS) is 12.6. The maximum atomic E-state index is 12.7. The summed E-state index contributed by atoms with van der Waals surface area (Å²) in [6.45, 7) is 0. The highest BCUT2D eigenvalue weighted by molar-refractivity contribution is 5.88. The summed E-state index contributed by atoms with van der Waals surface area (Å²) in [5.41, 5.74) is -0.134. The Balaban J connectivity index is 2.74.